The van der Waals surface area contributed by atoms with E-state index >= 15 is 0 Å². The number of rotatable bonds is 6. The van der Waals surface area contributed by atoms with E-state index < -0.39 is 0 Å². The number of methoxy groups -OCH3 is 1. The number of carbonyl (C=O) groups excluding carboxylic acids is 1. The molecule has 4 aromatic rings. The van der Waals surface area contributed by atoms with Gasteiger partial charge in [-0.15, -0.1) is 0 Å². The monoisotopic (exact) mass is 358 g/mol. The van der Waals surface area contributed by atoms with Gasteiger partial charge in [-0.25, -0.2) is 0 Å². The van der Waals surface area contributed by atoms with Crippen LogP contribution in [0.1, 0.15) is 12.0 Å². The van der Waals surface area contributed by atoms with Crippen LogP contribution in [0.2, 0.25) is 0 Å². The second-order valence-corrected chi connectivity index (χ2v) is 6.64. The van der Waals surface area contributed by atoms with Gasteiger partial charge in [0, 0.05) is 31.2 Å². The van der Waals surface area contributed by atoms with Gasteiger partial charge in [-0.05, 0) is 52.1 Å². The number of aromatic nitrogens is 1. The van der Waals surface area contributed by atoms with Crippen molar-refractivity contribution in [3.8, 4) is 5.75 Å². The lowest BCUT2D eigenvalue weighted by atomic mass is 10.1. The van der Waals surface area contributed by atoms with Crippen LogP contribution >= 0.6 is 0 Å². The minimum Gasteiger partial charge on any atom is -0.497 e. The maximum Gasteiger partial charge on any atom is 0.222 e. The Kier molecular flexibility index (Phi) is 4.79. The fourth-order valence-corrected chi connectivity index (χ4v) is 3.36. The second-order valence-electron chi connectivity index (χ2n) is 6.64. The van der Waals surface area contributed by atoms with Crippen molar-refractivity contribution >= 4 is 27.6 Å². The molecule has 1 heterocycles. The van der Waals surface area contributed by atoms with Crippen LogP contribution in [0.25, 0.3) is 21.7 Å². The summed E-state index contributed by atoms with van der Waals surface area (Å²) in [7, 11) is 1.67. The van der Waals surface area contributed by atoms with Crippen molar-refractivity contribution in [2.75, 3.05) is 7.11 Å². The molecule has 0 saturated carbocycles. The Hall–Kier alpha value is -3.27. The van der Waals surface area contributed by atoms with Crippen molar-refractivity contribution < 1.29 is 9.53 Å². The number of ether oxygens (including phenoxy) is 1. The molecule has 0 atom stereocenters. The summed E-state index contributed by atoms with van der Waals surface area (Å²) in [5.74, 6) is 0.906. The average molecular weight is 358 g/mol. The number of nitrogens with zero attached hydrogens (tertiary/aromatic N) is 1. The van der Waals surface area contributed by atoms with Gasteiger partial charge in [0.05, 0.1) is 7.11 Å². The van der Waals surface area contributed by atoms with Gasteiger partial charge >= 0.3 is 0 Å². The normalized spacial score (nSPS) is 11.0. The van der Waals surface area contributed by atoms with Crippen LogP contribution in [0.3, 0.4) is 0 Å². The molecule has 0 unspecified atom stereocenters. The number of nitrogens with one attached hydrogen (secondary N) is 1. The van der Waals surface area contributed by atoms with Gasteiger partial charge in [0.2, 0.25) is 5.91 Å². The number of amides is 1. The molecule has 0 saturated heterocycles. The quantitative estimate of drug-likeness (QED) is 0.551. The standard InChI is InChI=1S/C23H22N2O2/c1-27-21-9-8-19-14-17(6-7-20(19)15-21)16-24-23(26)11-13-25-12-10-18-4-2-3-5-22(18)25/h2-10,12,14-15H,11,13,16H2,1H3,(H,24,26). The zero-order valence-corrected chi connectivity index (χ0v) is 15.3. The number of fused-ring (bicyclic) bond motifs is 2. The largest absolute Gasteiger partial charge is 0.497 e. The van der Waals surface area contributed by atoms with Gasteiger partial charge in [0.1, 0.15) is 5.75 Å². The molecule has 27 heavy (non-hydrogen) atoms. The van der Waals surface area contributed by atoms with Crippen LogP contribution in [0.15, 0.2) is 72.9 Å². The highest BCUT2D eigenvalue weighted by molar-refractivity contribution is 5.85. The van der Waals surface area contributed by atoms with Crippen LogP contribution in [0, 0.1) is 0 Å². The molecule has 4 heteroatoms. The zero-order chi connectivity index (χ0) is 18.6. The lowest BCUT2D eigenvalue weighted by molar-refractivity contribution is -0.121. The molecule has 4 rings (SSSR count). The number of para-hydroxylation sites is 1. The smallest absolute Gasteiger partial charge is 0.222 e. The van der Waals surface area contributed by atoms with E-state index in [1.54, 1.807) is 7.11 Å². The number of benzene rings is 3. The fourth-order valence-electron chi connectivity index (χ4n) is 3.36. The predicted octanol–water partition coefficient (Wildman–Crippen LogP) is 4.51. The molecule has 3 aromatic carbocycles. The molecule has 0 aliphatic rings. The molecule has 1 aromatic heterocycles. The summed E-state index contributed by atoms with van der Waals surface area (Å²) < 4.78 is 7.38. The predicted molar refractivity (Wildman–Crippen MR) is 109 cm³/mol. The molecule has 0 aliphatic heterocycles. The Balaban J connectivity index is 1.35. The molecule has 0 aliphatic carbocycles. The summed E-state index contributed by atoms with van der Waals surface area (Å²) >= 11 is 0. The van der Waals surface area contributed by atoms with Gasteiger partial charge in [0.15, 0.2) is 0 Å². The molecular weight excluding hydrogens is 336 g/mol. The Morgan fingerprint density at radius 2 is 1.78 bits per heavy atom. The minimum atomic E-state index is 0.0580. The van der Waals surface area contributed by atoms with Crippen LogP contribution < -0.4 is 10.1 Å². The molecule has 0 radical (unpaired) electrons. The summed E-state index contributed by atoms with van der Waals surface area (Å²) in [5, 5.41) is 6.49. The minimum absolute atomic E-state index is 0.0580. The Morgan fingerprint density at radius 3 is 2.67 bits per heavy atom. The van der Waals surface area contributed by atoms with E-state index in [1.165, 1.54) is 5.39 Å². The maximum absolute atomic E-state index is 12.3. The summed E-state index contributed by atoms with van der Waals surface area (Å²) in [5.41, 5.74) is 2.25. The van der Waals surface area contributed by atoms with Crippen molar-refractivity contribution in [2.24, 2.45) is 0 Å². The van der Waals surface area contributed by atoms with E-state index in [-0.39, 0.29) is 5.91 Å². The van der Waals surface area contributed by atoms with E-state index in [4.69, 9.17) is 4.74 Å². The molecule has 0 fully saturated rings. The van der Waals surface area contributed by atoms with Gasteiger partial charge in [-0.2, -0.15) is 0 Å². The topological polar surface area (TPSA) is 43.3 Å². The van der Waals surface area contributed by atoms with Gasteiger partial charge in [-0.1, -0.05) is 36.4 Å². The number of aryl methyl sites for hydroxylation is 1. The van der Waals surface area contributed by atoms with Crippen molar-refractivity contribution in [1.82, 2.24) is 9.88 Å². The summed E-state index contributed by atoms with van der Waals surface area (Å²) in [6.45, 7) is 1.21. The Labute approximate surface area is 158 Å². The molecule has 1 N–H and O–H groups in total. The molecule has 1 amide bonds. The van der Waals surface area contributed by atoms with E-state index in [0.717, 1.165) is 27.6 Å². The first-order valence-corrected chi connectivity index (χ1v) is 9.10. The van der Waals surface area contributed by atoms with Crippen LogP contribution in [0.5, 0.6) is 5.75 Å². The van der Waals surface area contributed by atoms with Crippen molar-refractivity contribution in [3.63, 3.8) is 0 Å². The van der Waals surface area contributed by atoms with Crippen molar-refractivity contribution in [2.45, 2.75) is 19.5 Å². The van der Waals surface area contributed by atoms with E-state index in [9.17, 15) is 4.79 Å². The average Bonchev–Trinajstić information content (AvgIpc) is 3.13. The third-order valence-corrected chi connectivity index (χ3v) is 4.86. The van der Waals surface area contributed by atoms with Gasteiger partial charge in [0.25, 0.3) is 0 Å². The Bertz CT molecular complexity index is 1100. The van der Waals surface area contributed by atoms with Crippen molar-refractivity contribution in [3.05, 3.63) is 78.5 Å². The highest BCUT2D eigenvalue weighted by Gasteiger charge is 2.05. The second kappa shape index (κ2) is 7.54. The first-order valence-electron chi connectivity index (χ1n) is 9.10. The molecule has 0 bridgehead atoms. The highest BCUT2D eigenvalue weighted by atomic mass is 16.5. The summed E-state index contributed by atoms with van der Waals surface area (Å²) in [4.78, 5) is 12.3. The van der Waals surface area contributed by atoms with Crippen molar-refractivity contribution in [1.29, 1.82) is 0 Å². The van der Waals surface area contributed by atoms with E-state index in [0.29, 0.717) is 19.5 Å². The first kappa shape index (κ1) is 17.2. The van der Waals surface area contributed by atoms with Crippen LogP contribution in [-0.4, -0.2) is 17.6 Å². The molecule has 4 nitrogen and oxygen atoms in total. The number of carbonyl (C=O) groups is 1. The SMILES string of the molecule is COc1ccc2cc(CNC(=O)CCn3ccc4ccccc43)ccc2c1. The third-order valence-electron chi connectivity index (χ3n) is 4.86. The molecular formula is C23H22N2O2. The summed E-state index contributed by atoms with van der Waals surface area (Å²) in [6, 6.07) is 22.5. The lowest BCUT2D eigenvalue weighted by Crippen LogP contribution is -2.23. The van der Waals surface area contributed by atoms with E-state index in [2.05, 4.69) is 40.2 Å². The number of hydrogen-bond donors (Lipinski definition) is 1. The number of hydrogen-bond acceptors (Lipinski definition) is 2. The van der Waals surface area contributed by atoms with Gasteiger partial charge < -0.3 is 14.6 Å². The van der Waals surface area contributed by atoms with Gasteiger partial charge in [-0.3, -0.25) is 4.79 Å². The van der Waals surface area contributed by atoms with Crippen LogP contribution in [-0.2, 0) is 17.9 Å². The summed E-state index contributed by atoms with van der Waals surface area (Å²) in [6.07, 6.45) is 2.50. The third kappa shape index (κ3) is 3.80. The first-order chi connectivity index (χ1) is 13.2. The molecule has 0 spiro atoms. The lowest BCUT2D eigenvalue weighted by Gasteiger charge is -2.09. The highest BCUT2D eigenvalue weighted by Crippen LogP contribution is 2.22. The zero-order valence-electron chi connectivity index (χ0n) is 15.3. The maximum atomic E-state index is 12.3. The van der Waals surface area contributed by atoms with E-state index in [1.807, 2.05) is 42.6 Å². The fraction of sp³-hybridized carbons (Fsp3) is 0.174. The molecule has 136 valence electrons. The Morgan fingerprint density at radius 1 is 0.963 bits per heavy atom. The van der Waals surface area contributed by atoms with Crippen LogP contribution in [0.4, 0.5) is 0 Å².